The SMILES string of the molecule is CCOC(=O)C[C@@H](c1ccc(OCCCN=O)nc1)N1CCN(CCCc2ccc3c(n2)NCCC3)C1=O. The van der Waals surface area contributed by atoms with E-state index >= 15 is 0 Å². The number of pyridine rings is 2. The molecule has 4 rings (SSSR count). The second kappa shape index (κ2) is 13.7. The van der Waals surface area contributed by atoms with Gasteiger partial charge in [0.1, 0.15) is 5.82 Å². The first-order chi connectivity index (χ1) is 18.6. The number of amides is 2. The standard InChI is InChI=1S/C27H36N6O5/c1-2-37-25(34)18-23(21-9-11-24(29-19-21)38-17-5-13-30-36)33-16-15-32(27(33)35)14-4-7-22-10-8-20-6-3-12-28-26(20)31-22/h8-11,19,23H,2-7,12-18H2,1H3,(H,28,31)/t23-/m0/s1. The third-order valence-corrected chi connectivity index (χ3v) is 6.77. The van der Waals surface area contributed by atoms with E-state index in [4.69, 9.17) is 14.5 Å². The number of ether oxygens (including phenoxy) is 2. The number of nitrogens with one attached hydrogen (secondary N) is 1. The number of carbonyl (C=O) groups excluding carboxylic acids is 2. The lowest BCUT2D eigenvalue weighted by Crippen LogP contribution is -2.36. The molecular formula is C27H36N6O5. The van der Waals surface area contributed by atoms with Crippen molar-refractivity contribution in [2.75, 3.05) is 51.3 Å². The normalized spacial score (nSPS) is 15.6. The van der Waals surface area contributed by atoms with Crippen LogP contribution in [0.3, 0.4) is 0 Å². The van der Waals surface area contributed by atoms with Gasteiger partial charge in [0, 0.05) is 50.6 Å². The number of nitroso groups, excluding NO2 is 1. The van der Waals surface area contributed by atoms with E-state index in [1.165, 1.54) is 5.56 Å². The molecule has 1 atom stereocenters. The summed E-state index contributed by atoms with van der Waals surface area (Å²) in [5, 5.41) is 6.18. The van der Waals surface area contributed by atoms with Crippen LogP contribution in [0.5, 0.6) is 5.88 Å². The van der Waals surface area contributed by atoms with E-state index in [0.29, 0.717) is 38.5 Å². The van der Waals surface area contributed by atoms with Gasteiger partial charge >= 0.3 is 12.0 Å². The molecule has 204 valence electrons. The highest BCUT2D eigenvalue weighted by Crippen LogP contribution is 2.29. The van der Waals surface area contributed by atoms with E-state index in [0.717, 1.165) is 49.3 Å². The van der Waals surface area contributed by atoms with Crippen LogP contribution < -0.4 is 10.1 Å². The fraction of sp³-hybridized carbons (Fsp3) is 0.556. The van der Waals surface area contributed by atoms with Crippen LogP contribution in [0.1, 0.15) is 55.5 Å². The third kappa shape index (κ3) is 7.17. The van der Waals surface area contributed by atoms with Crippen molar-refractivity contribution < 1.29 is 19.1 Å². The molecule has 38 heavy (non-hydrogen) atoms. The van der Waals surface area contributed by atoms with Gasteiger partial charge in [0.2, 0.25) is 5.88 Å². The lowest BCUT2D eigenvalue weighted by Gasteiger charge is -2.27. The summed E-state index contributed by atoms with van der Waals surface area (Å²) in [6, 6.07) is 7.18. The molecule has 0 aromatic carbocycles. The van der Waals surface area contributed by atoms with Crippen molar-refractivity contribution in [2.45, 2.75) is 51.5 Å². The summed E-state index contributed by atoms with van der Waals surface area (Å²) in [6.45, 7) is 5.25. The number of rotatable bonds is 14. The Balaban J connectivity index is 1.36. The van der Waals surface area contributed by atoms with Crippen molar-refractivity contribution in [2.24, 2.45) is 5.18 Å². The lowest BCUT2D eigenvalue weighted by atomic mass is 10.0. The zero-order valence-electron chi connectivity index (χ0n) is 21.9. The highest BCUT2D eigenvalue weighted by molar-refractivity contribution is 5.78. The molecule has 0 unspecified atom stereocenters. The number of hydrogen-bond donors (Lipinski definition) is 1. The van der Waals surface area contributed by atoms with Crippen molar-refractivity contribution in [1.29, 1.82) is 0 Å². The number of aryl methyl sites for hydroxylation is 2. The first kappa shape index (κ1) is 27.3. The minimum atomic E-state index is -0.485. The summed E-state index contributed by atoms with van der Waals surface area (Å²) < 4.78 is 10.7. The van der Waals surface area contributed by atoms with E-state index in [1.807, 2.05) is 11.0 Å². The Morgan fingerprint density at radius 1 is 1.21 bits per heavy atom. The molecule has 11 heteroatoms. The molecule has 0 bridgehead atoms. The van der Waals surface area contributed by atoms with Gasteiger partial charge in [-0.15, -0.1) is 0 Å². The minimum absolute atomic E-state index is 0.0480. The molecule has 2 aromatic heterocycles. The van der Waals surface area contributed by atoms with Gasteiger partial charge in [0.15, 0.2) is 0 Å². The lowest BCUT2D eigenvalue weighted by molar-refractivity contribution is -0.144. The summed E-state index contributed by atoms with van der Waals surface area (Å²) in [6.07, 6.45) is 5.98. The topological polar surface area (TPSA) is 126 Å². The smallest absolute Gasteiger partial charge is 0.320 e. The van der Waals surface area contributed by atoms with Crippen LogP contribution >= 0.6 is 0 Å². The predicted molar refractivity (Wildman–Crippen MR) is 142 cm³/mol. The fourth-order valence-electron chi connectivity index (χ4n) is 4.82. The largest absolute Gasteiger partial charge is 0.478 e. The van der Waals surface area contributed by atoms with E-state index < -0.39 is 6.04 Å². The first-order valence-electron chi connectivity index (χ1n) is 13.4. The molecule has 1 saturated heterocycles. The predicted octanol–water partition coefficient (Wildman–Crippen LogP) is 3.73. The minimum Gasteiger partial charge on any atom is -0.478 e. The van der Waals surface area contributed by atoms with Crippen LogP contribution in [-0.2, 0) is 22.4 Å². The molecule has 2 aromatic rings. The summed E-state index contributed by atoms with van der Waals surface area (Å²) >= 11 is 0. The van der Waals surface area contributed by atoms with Crippen molar-refractivity contribution in [3.63, 3.8) is 0 Å². The Morgan fingerprint density at radius 2 is 2.11 bits per heavy atom. The van der Waals surface area contributed by atoms with Gasteiger partial charge in [-0.3, -0.25) is 4.79 Å². The van der Waals surface area contributed by atoms with Gasteiger partial charge in [-0.05, 0) is 49.8 Å². The summed E-state index contributed by atoms with van der Waals surface area (Å²) in [5.41, 5.74) is 3.03. The second-order valence-corrected chi connectivity index (χ2v) is 9.42. The van der Waals surface area contributed by atoms with Crippen LogP contribution in [0.4, 0.5) is 10.6 Å². The maximum Gasteiger partial charge on any atom is 0.320 e. The molecule has 1 N–H and O–H groups in total. The monoisotopic (exact) mass is 524 g/mol. The Hall–Kier alpha value is -3.76. The molecule has 2 aliphatic heterocycles. The number of hydrogen-bond acceptors (Lipinski definition) is 9. The number of anilines is 1. The number of carbonyl (C=O) groups is 2. The van der Waals surface area contributed by atoms with Crippen LogP contribution in [0.15, 0.2) is 35.6 Å². The summed E-state index contributed by atoms with van der Waals surface area (Å²) in [5.74, 6) is 1.04. The van der Waals surface area contributed by atoms with Crippen molar-refractivity contribution in [3.8, 4) is 5.88 Å². The van der Waals surface area contributed by atoms with Crippen molar-refractivity contribution >= 4 is 17.8 Å². The number of esters is 1. The average Bonchev–Trinajstić information content (AvgIpc) is 3.30. The van der Waals surface area contributed by atoms with E-state index in [9.17, 15) is 14.5 Å². The molecule has 11 nitrogen and oxygen atoms in total. The quantitative estimate of drug-likeness (QED) is 0.225. The van der Waals surface area contributed by atoms with Gasteiger partial charge in [-0.1, -0.05) is 17.3 Å². The van der Waals surface area contributed by atoms with E-state index in [-0.39, 0.29) is 31.6 Å². The highest BCUT2D eigenvalue weighted by Gasteiger charge is 2.35. The van der Waals surface area contributed by atoms with Crippen molar-refractivity contribution in [1.82, 2.24) is 19.8 Å². The van der Waals surface area contributed by atoms with Gasteiger partial charge in [0.05, 0.1) is 32.2 Å². The zero-order valence-corrected chi connectivity index (χ0v) is 21.9. The molecule has 2 amide bonds. The molecule has 1 fully saturated rings. The van der Waals surface area contributed by atoms with Crippen molar-refractivity contribution in [3.05, 3.63) is 52.2 Å². The second-order valence-electron chi connectivity index (χ2n) is 9.42. The molecule has 4 heterocycles. The average molecular weight is 525 g/mol. The molecule has 0 saturated carbocycles. The summed E-state index contributed by atoms with van der Waals surface area (Å²) in [7, 11) is 0. The van der Waals surface area contributed by atoms with E-state index in [2.05, 4.69) is 27.6 Å². The van der Waals surface area contributed by atoms with Crippen LogP contribution in [0, 0.1) is 4.91 Å². The molecule has 0 spiro atoms. The fourth-order valence-corrected chi connectivity index (χ4v) is 4.82. The highest BCUT2D eigenvalue weighted by atomic mass is 16.5. The Kier molecular flexibility index (Phi) is 9.83. The van der Waals surface area contributed by atoms with Gasteiger partial charge in [0.25, 0.3) is 0 Å². The number of nitrogens with zero attached hydrogens (tertiary/aromatic N) is 5. The Labute approximate surface area is 222 Å². The van der Waals surface area contributed by atoms with Crippen LogP contribution in [0.2, 0.25) is 0 Å². The van der Waals surface area contributed by atoms with Crippen LogP contribution in [0.25, 0.3) is 0 Å². The van der Waals surface area contributed by atoms with Gasteiger partial charge < -0.3 is 24.6 Å². The maximum absolute atomic E-state index is 13.4. The maximum atomic E-state index is 13.4. The molecule has 0 aliphatic carbocycles. The van der Waals surface area contributed by atoms with E-state index in [1.54, 1.807) is 24.1 Å². The van der Waals surface area contributed by atoms with Crippen LogP contribution in [-0.4, -0.2) is 77.7 Å². The third-order valence-electron chi connectivity index (χ3n) is 6.77. The number of fused-ring (bicyclic) bond motifs is 1. The first-order valence-corrected chi connectivity index (χ1v) is 13.4. The molecule has 2 aliphatic rings. The Bertz CT molecular complexity index is 1100. The molecule has 0 radical (unpaired) electrons. The molecular weight excluding hydrogens is 488 g/mol. The van der Waals surface area contributed by atoms with Gasteiger partial charge in [-0.25, -0.2) is 14.8 Å². The number of urea groups is 1. The van der Waals surface area contributed by atoms with Gasteiger partial charge in [-0.2, -0.15) is 4.91 Å². The zero-order chi connectivity index (χ0) is 26.7. The number of aromatic nitrogens is 2. The summed E-state index contributed by atoms with van der Waals surface area (Å²) in [4.78, 5) is 48.6. The Morgan fingerprint density at radius 3 is 2.89 bits per heavy atom.